The lowest BCUT2D eigenvalue weighted by Crippen LogP contribution is -2.17. The first-order chi connectivity index (χ1) is 11.7. The lowest BCUT2D eigenvalue weighted by molar-refractivity contribution is 0.0955. The van der Waals surface area contributed by atoms with Gasteiger partial charge in [0.25, 0.3) is 5.91 Å². The van der Waals surface area contributed by atoms with Crippen LogP contribution in [0.2, 0.25) is 0 Å². The van der Waals surface area contributed by atoms with Gasteiger partial charge in [-0.2, -0.15) is 5.10 Å². The third kappa shape index (κ3) is 3.89. The summed E-state index contributed by atoms with van der Waals surface area (Å²) in [5.41, 5.74) is 6.59. The summed E-state index contributed by atoms with van der Waals surface area (Å²) in [7, 11) is 0. The van der Waals surface area contributed by atoms with Gasteiger partial charge in [-0.1, -0.05) is 18.2 Å². The van der Waals surface area contributed by atoms with E-state index < -0.39 is 0 Å². The highest BCUT2D eigenvalue weighted by Gasteiger charge is 2.03. The van der Waals surface area contributed by atoms with Gasteiger partial charge in [-0.05, 0) is 54.4 Å². The van der Waals surface area contributed by atoms with Crippen molar-refractivity contribution in [3.05, 3.63) is 83.7 Å². The Morgan fingerprint density at radius 3 is 2.46 bits per heavy atom. The average Bonchev–Trinajstić information content (AvgIpc) is 2.63. The summed E-state index contributed by atoms with van der Waals surface area (Å²) in [4.78, 5) is 20.6. The highest BCUT2D eigenvalue weighted by Crippen LogP contribution is 2.15. The van der Waals surface area contributed by atoms with Crippen molar-refractivity contribution in [3.8, 4) is 11.4 Å². The monoisotopic (exact) mass is 316 g/mol. The van der Waals surface area contributed by atoms with Gasteiger partial charge in [0.15, 0.2) is 0 Å². The molecule has 2 heterocycles. The fraction of sp³-hybridized carbons (Fsp3) is 0.0526. The number of aromatic nitrogens is 2. The van der Waals surface area contributed by atoms with Gasteiger partial charge in [-0.15, -0.1) is 0 Å². The normalized spacial score (nSPS) is 10.7. The lowest BCUT2D eigenvalue weighted by atomic mass is 10.1. The summed E-state index contributed by atoms with van der Waals surface area (Å²) < 4.78 is 0. The van der Waals surface area contributed by atoms with Crippen LogP contribution >= 0.6 is 0 Å². The maximum Gasteiger partial charge on any atom is 0.271 e. The maximum absolute atomic E-state index is 11.9. The molecule has 0 saturated heterocycles. The number of rotatable bonds is 4. The summed E-state index contributed by atoms with van der Waals surface area (Å²) >= 11 is 0. The van der Waals surface area contributed by atoms with Crippen LogP contribution in [0.25, 0.3) is 11.4 Å². The molecule has 1 aromatic carbocycles. The molecule has 2 aromatic heterocycles. The first-order valence-electron chi connectivity index (χ1n) is 7.50. The van der Waals surface area contributed by atoms with E-state index in [9.17, 15) is 4.79 Å². The van der Waals surface area contributed by atoms with Crippen molar-refractivity contribution in [1.82, 2.24) is 15.4 Å². The minimum atomic E-state index is -0.249. The van der Waals surface area contributed by atoms with Crippen LogP contribution in [-0.2, 0) is 0 Å². The van der Waals surface area contributed by atoms with Crippen LogP contribution in [0, 0.1) is 6.92 Å². The fourth-order valence-electron chi connectivity index (χ4n) is 2.16. The molecule has 118 valence electrons. The van der Waals surface area contributed by atoms with Crippen molar-refractivity contribution in [2.75, 3.05) is 0 Å². The molecule has 0 bridgehead atoms. The molecule has 5 heteroatoms. The Bertz CT molecular complexity index is 875. The highest BCUT2D eigenvalue weighted by atomic mass is 16.2. The van der Waals surface area contributed by atoms with Crippen molar-refractivity contribution < 1.29 is 4.79 Å². The number of nitrogens with zero attached hydrogens (tertiary/aromatic N) is 3. The summed E-state index contributed by atoms with van der Waals surface area (Å²) in [5, 5.41) is 4.00. The zero-order valence-electron chi connectivity index (χ0n) is 13.2. The van der Waals surface area contributed by atoms with Crippen LogP contribution in [0.4, 0.5) is 0 Å². The van der Waals surface area contributed by atoms with Gasteiger partial charge in [0.2, 0.25) is 0 Å². The van der Waals surface area contributed by atoms with Crippen LogP contribution in [0.3, 0.4) is 0 Å². The van der Waals surface area contributed by atoms with Gasteiger partial charge in [0, 0.05) is 18.0 Å². The van der Waals surface area contributed by atoms with Gasteiger partial charge in [0.05, 0.1) is 17.6 Å². The predicted molar refractivity (Wildman–Crippen MR) is 93.7 cm³/mol. The maximum atomic E-state index is 11.9. The molecule has 3 aromatic rings. The van der Waals surface area contributed by atoms with Crippen LogP contribution in [0.5, 0.6) is 0 Å². The molecule has 1 amide bonds. The van der Waals surface area contributed by atoms with E-state index in [-0.39, 0.29) is 5.91 Å². The van der Waals surface area contributed by atoms with Gasteiger partial charge in [-0.3, -0.25) is 14.8 Å². The quantitative estimate of drug-likeness (QED) is 0.593. The van der Waals surface area contributed by atoms with E-state index in [1.165, 1.54) is 0 Å². The summed E-state index contributed by atoms with van der Waals surface area (Å²) in [6.07, 6.45) is 5.04. The molecule has 0 aliphatic rings. The molecule has 24 heavy (non-hydrogen) atoms. The molecular formula is C19H16N4O. The number of amides is 1. The van der Waals surface area contributed by atoms with Gasteiger partial charge in [-0.25, -0.2) is 5.43 Å². The predicted octanol–water partition coefficient (Wildman–Crippen LogP) is 3.22. The number of hydrogen-bond donors (Lipinski definition) is 1. The number of carbonyl (C=O) groups is 1. The molecule has 5 nitrogen and oxygen atoms in total. The molecule has 0 fully saturated rings. The molecule has 0 unspecified atom stereocenters. The number of carbonyl (C=O) groups excluding carboxylic acids is 1. The Hall–Kier alpha value is -3.34. The average molecular weight is 316 g/mol. The smallest absolute Gasteiger partial charge is 0.267 e. The molecule has 0 spiro atoms. The second-order valence-electron chi connectivity index (χ2n) is 5.26. The van der Waals surface area contributed by atoms with Crippen molar-refractivity contribution in [1.29, 1.82) is 0 Å². The van der Waals surface area contributed by atoms with Crippen molar-refractivity contribution >= 4 is 12.1 Å². The Labute approximate surface area is 140 Å². The Kier molecular flexibility index (Phi) is 4.72. The van der Waals surface area contributed by atoms with Gasteiger partial charge < -0.3 is 0 Å². The number of benzene rings is 1. The number of hydrazone groups is 1. The summed E-state index contributed by atoms with van der Waals surface area (Å²) in [5.74, 6) is -0.249. The van der Waals surface area contributed by atoms with Gasteiger partial charge in [0.1, 0.15) is 0 Å². The van der Waals surface area contributed by atoms with Crippen molar-refractivity contribution in [2.45, 2.75) is 6.92 Å². The van der Waals surface area contributed by atoms with Crippen LogP contribution in [-0.4, -0.2) is 22.1 Å². The second kappa shape index (κ2) is 7.28. The third-order valence-electron chi connectivity index (χ3n) is 3.38. The molecule has 0 saturated carbocycles. The summed E-state index contributed by atoms with van der Waals surface area (Å²) in [6, 6.07) is 16.5. The molecule has 0 aliphatic carbocycles. The molecular weight excluding hydrogens is 300 g/mol. The molecule has 1 N–H and O–H groups in total. The Morgan fingerprint density at radius 1 is 1.00 bits per heavy atom. The van der Waals surface area contributed by atoms with E-state index in [0.717, 1.165) is 22.5 Å². The molecule has 0 aliphatic heterocycles. The number of aryl methyl sites for hydroxylation is 1. The van der Waals surface area contributed by atoms with E-state index in [4.69, 9.17) is 0 Å². The van der Waals surface area contributed by atoms with Crippen LogP contribution < -0.4 is 5.43 Å². The van der Waals surface area contributed by atoms with Crippen molar-refractivity contribution in [2.24, 2.45) is 5.10 Å². The van der Waals surface area contributed by atoms with Gasteiger partial charge >= 0.3 is 0 Å². The van der Waals surface area contributed by atoms with Crippen LogP contribution in [0.15, 0.2) is 72.1 Å². The minimum Gasteiger partial charge on any atom is -0.267 e. The lowest BCUT2D eigenvalue weighted by Gasteiger charge is -2.02. The van der Waals surface area contributed by atoms with Crippen molar-refractivity contribution in [3.63, 3.8) is 0 Å². The topological polar surface area (TPSA) is 67.2 Å². The largest absolute Gasteiger partial charge is 0.271 e. The molecule has 0 atom stereocenters. The fourth-order valence-corrected chi connectivity index (χ4v) is 2.16. The second-order valence-corrected chi connectivity index (χ2v) is 5.26. The van der Waals surface area contributed by atoms with E-state index in [1.807, 2.05) is 49.4 Å². The Morgan fingerprint density at radius 2 is 1.71 bits per heavy atom. The molecule has 3 rings (SSSR count). The zero-order valence-corrected chi connectivity index (χ0v) is 13.2. The molecule has 0 radical (unpaired) electrons. The van der Waals surface area contributed by atoms with E-state index in [2.05, 4.69) is 20.5 Å². The standard InChI is InChI=1S/C19H16N4O/c1-14-7-9-20-17(11-14)18-12-15(8-10-21-18)13-22-23-19(24)16-5-3-2-4-6-16/h2-13H,1H3,(H,23,24)/b22-13+. The zero-order chi connectivity index (χ0) is 16.8. The van der Waals surface area contributed by atoms with E-state index in [0.29, 0.717) is 5.56 Å². The van der Waals surface area contributed by atoms with E-state index in [1.54, 1.807) is 30.7 Å². The Balaban J connectivity index is 1.72. The van der Waals surface area contributed by atoms with E-state index >= 15 is 0 Å². The summed E-state index contributed by atoms with van der Waals surface area (Å²) in [6.45, 7) is 2.01. The first-order valence-corrected chi connectivity index (χ1v) is 7.50. The number of hydrogen-bond acceptors (Lipinski definition) is 4. The minimum absolute atomic E-state index is 0.249. The van der Waals surface area contributed by atoms with Crippen LogP contribution in [0.1, 0.15) is 21.5 Å². The first kappa shape index (κ1) is 15.6. The number of pyridine rings is 2. The SMILES string of the molecule is Cc1ccnc(-c2cc(/C=N/NC(=O)c3ccccc3)ccn2)c1. The highest BCUT2D eigenvalue weighted by molar-refractivity contribution is 5.94. The number of nitrogens with one attached hydrogen (secondary N) is 1. The third-order valence-corrected chi connectivity index (χ3v) is 3.38.